The molecule has 10 heteroatoms. The quantitative estimate of drug-likeness (QED) is 0.585. The summed E-state index contributed by atoms with van der Waals surface area (Å²) in [6, 6.07) is 6.02. The van der Waals surface area contributed by atoms with Crippen LogP contribution in [0.4, 0.5) is 22.0 Å². The van der Waals surface area contributed by atoms with Gasteiger partial charge in [0.05, 0.1) is 34.1 Å². The fourth-order valence-electron chi connectivity index (χ4n) is 2.73. The zero-order valence-electron chi connectivity index (χ0n) is 14.6. The third-order valence-electron chi connectivity index (χ3n) is 4.32. The highest BCUT2D eigenvalue weighted by Gasteiger charge is 2.33. The first-order valence-electron chi connectivity index (χ1n) is 8.23. The Kier molecular flexibility index (Phi) is 5.83. The maximum Gasteiger partial charge on any atom is 0.417 e. The molecule has 2 atom stereocenters. The van der Waals surface area contributed by atoms with E-state index in [-0.39, 0.29) is 17.0 Å². The molecule has 0 bridgehead atoms. The van der Waals surface area contributed by atoms with E-state index in [9.17, 15) is 22.0 Å². The number of hydrogen-bond acceptors (Lipinski definition) is 4. The van der Waals surface area contributed by atoms with Crippen LogP contribution in [0, 0.1) is 11.6 Å². The summed E-state index contributed by atoms with van der Waals surface area (Å²) in [6.45, 7) is 0. The summed E-state index contributed by atoms with van der Waals surface area (Å²) in [5.74, 6) is -2.08. The summed E-state index contributed by atoms with van der Waals surface area (Å²) in [4.78, 5) is 8.06. The minimum absolute atomic E-state index is 0.258. The SMILES string of the molecule is NC(c1ccc(F)c(F)c1)C(N)c1cc(-c2ccc(C(F)(F)F)c(Cl)c2)ncn1. The number of nitrogens with two attached hydrogens (primary N) is 2. The fourth-order valence-corrected chi connectivity index (χ4v) is 3.02. The van der Waals surface area contributed by atoms with Crippen LogP contribution in [0.25, 0.3) is 11.3 Å². The number of halogens is 6. The summed E-state index contributed by atoms with van der Waals surface area (Å²) in [5.41, 5.74) is 12.3. The predicted molar refractivity (Wildman–Crippen MR) is 97.7 cm³/mol. The Morgan fingerprint density at radius 1 is 0.862 bits per heavy atom. The Labute approximate surface area is 167 Å². The maximum absolute atomic E-state index is 13.5. The van der Waals surface area contributed by atoms with E-state index in [1.807, 2.05) is 0 Å². The van der Waals surface area contributed by atoms with Gasteiger partial charge in [0, 0.05) is 5.56 Å². The number of hydrogen-bond donors (Lipinski definition) is 2. The molecule has 4 N–H and O–H groups in total. The molecule has 2 unspecified atom stereocenters. The van der Waals surface area contributed by atoms with Crippen molar-refractivity contribution in [2.24, 2.45) is 11.5 Å². The highest BCUT2D eigenvalue weighted by molar-refractivity contribution is 6.31. The third kappa shape index (κ3) is 4.52. The highest BCUT2D eigenvalue weighted by Crippen LogP contribution is 2.36. The molecule has 4 nitrogen and oxygen atoms in total. The monoisotopic (exact) mass is 428 g/mol. The lowest BCUT2D eigenvalue weighted by Gasteiger charge is -2.20. The Morgan fingerprint density at radius 2 is 1.59 bits per heavy atom. The van der Waals surface area contributed by atoms with Gasteiger partial charge >= 0.3 is 6.18 Å². The minimum atomic E-state index is -4.58. The second-order valence-electron chi connectivity index (χ2n) is 6.25. The molecule has 0 aliphatic heterocycles. The van der Waals surface area contributed by atoms with Crippen molar-refractivity contribution < 1.29 is 22.0 Å². The lowest BCUT2D eigenvalue weighted by molar-refractivity contribution is -0.137. The molecule has 0 amide bonds. The molecular formula is C19H14ClF5N4. The van der Waals surface area contributed by atoms with Gasteiger partial charge in [-0.1, -0.05) is 23.7 Å². The molecule has 0 radical (unpaired) electrons. The average molecular weight is 429 g/mol. The number of benzene rings is 2. The molecule has 1 aromatic heterocycles. The smallest absolute Gasteiger partial charge is 0.322 e. The van der Waals surface area contributed by atoms with E-state index in [2.05, 4.69) is 9.97 Å². The molecule has 1 heterocycles. The molecule has 0 saturated carbocycles. The van der Waals surface area contributed by atoms with Gasteiger partial charge in [-0.3, -0.25) is 0 Å². The molecule has 0 saturated heterocycles. The van der Waals surface area contributed by atoms with Crippen molar-refractivity contribution in [3.63, 3.8) is 0 Å². The van der Waals surface area contributed by atoms with Gasteiger partial charge in [0.15, 0.2) is 11.6 Å². The van der Waals surface area contributed by atoms with Gasteiger partial charge in [0.1, 0.15) is 6.33 Å². The molecule has 0 spiro atoms. The van der Waals surface area contributed by atoms with Crippen LogP contribution < -0.4 is 11.5 Å². The number of nitrogens with zero attached hydrogens (tertiary/aromatic N) is 2. The number of rotatable bonds is 4. The normalized spacial score (nSPS) is 13.9. The van der Waals surface area contributed by atoms with E-state index in [4.69, 9.17) is 23.1 Å². The molecule has 2 aromatic carbocycles. The Morgan fingerprint density at radius 3 is 2.21 bits per heavy atom. The number of aromatic nitrogens is 2. The summed E-state index contributed by atoms with van der Waals surface area (Å²) in [5, 5.41) is -0.474. The molecule has 152 valence electrons. The lowest BCUT2D eigenvalue weighted by atomic mass is 9.97. The van der Waals surface area contributed by atoms with Crippen molar-refractivity contribution in [1.29, 1.82) is 0 Å². The summed E-state index contributed by atoms with van der Waals surface area (Å²) >= 11 is 5.75. The van der Waals surface area contributed by atoms with E-state index < -0.39 is 40.5 Å². The van der Waals surface area contributed by atoms with E-state index in [0.29, 0.717) is 5.56 Å². The summed E-state index contributed by atoms with van der Waals surface area (Å²) in [7, 11) is 0. The van der Waals surface area contributed by atoms with Crippen molar-refractivity contribution in [3.8, 4) is 11.3 Å². The molecule has 0 aliphatic rings. The standard InChI is InChI=1S/C19H14ClF5N4/c20-12-5-9(1-3-11(12)19(23,24)25)15-7-16(29-8-28-15)18(27)17(26)10-2-4-13(21)14(22)6-10/h1-8,17-18H,26-27H2. The topological polar surface area (TPSA) is 77.8 Å². The van der Waals surface area contributed by atoms with Crippen molar-refractivity contribution >= 4 is 11.6 Å². The van der Waals surface area contributed by atoms with Crippen LogP contribution in [-0.2, 0) is 6.18 Å². The molecule has 29 heavy (non-hydrogen) atoms. The van der Waals surface area contributed by atoms with Crippen LogP contribution in [0.3, 0.4) is 0 Å². The first-order valence-corrected chi connectivity index (χ1v) is 8.61. The maximum atomic E-state index is 13.5. The van der Waals surface area contributed by atoms with Crippen molar-refractivity contribution in [2.45, 2.75) is 18.3 Å². The van der Waals surface area contributed by atoms with E-state index in [0.717, 1.165) is 24.3 Å². The van der Waals surface area contributed by atoms with Crippen LogP contribution in [-0.4, -0.2) is 9.97 Å². The van der Waals surface area contributed by atoms with Crippen LogP contribution >= 0.6 is 11.6 Å². The Bertz CT molecular complexity index is 1040. The van der Waals surface area contributed by atoms with Crippen LogP contribution in [0.15, 0.2) is 48.8 Å². The van der Waals surface area contributed by atoms with Gasteiger partial charge < -0.3 is 11.5 Å². The van der Waals surface area contributed by atoms with Crippen LogP contribution in [0.2, 0.25) is 5.02 Å². The largest absolute Gasteiger partial charge is 0.417 e. The third-order valence-corrected chi connectivity index (χ3v) is 4.63. The van der Waals surface area contributed by atoms with E-state index in [1.54, 1.807) is 0 Å². The van der Waals surface area contributed by atoms with E-state index in [1.165, 1.54) is 24.5 Å². The van der Waals surface area contributed by atoms with Crippen molar-refractivity contribution in [1.82, 2.24) is 9.97 Å². The van der Waals surface area contributed by atoms with Crippen LogP contribution in [0.5, 0.6) is 0 Å². The van der Waals surface area contributed by atoms with Gasteiger partial charge in [-0.25, -0.2) is 18.7 Å². The molecule has 3 aromatic rings. The van der Waals surface area contributed by atoms with Gasteiger partial charge in [-0.15, -0.1) is 0 Å². The number of alkyl halides is 3. The average Bonchev–Trinajstić information content (AvgIpc) is 2.68. The van der Waals surface area contributed by atoms with Crippen LogP contribution in [0.1, 0.15) is 28.9 Å². The lowest BCUT2D eigenvalue weighted by Crippen LogP contribution is -2.27. The molecule has 3 rings (SSSR count). The van der Waals surface area contributed by atoms with Crippen molar-refractivity contribution in [2.75, 3.05) is 0 Å². The first kappa shape index (κ1) is 21.1. The summed E-state index contributed by atoms with van der Waals surface area (Å²) < 4.78 is 65.2. The second-order valence-corrected chi connectivity index (χ2v) is 6.65. The molecule has 0 aliphatic carbocycles. The minimum Gasteiger partial charge on any atom is -0.322 e. The molecular weight excluding hydrogens is 415 g/mol. The zero-order chi connectivity index (χ0) is 21.3. The zero-order valence-corrected chi connectivity index (χ0v) is 15.3. The molecule has 0 fully saturated rings. The summed E-state index contributed by atoms with van der Waals surface area (Å²) in [6.07, 6.45) is -3.40. The van der Waals surface area contributed by atoms with Crippen molar-refractivity contribution in [3.05, 3.63) is 82.3 Å². The van der Waals surface area contributed by atoms with Gasteiger partial charge in [-0.05, 0) is 35.9 Å². The fraction of sp³-hybridized carbons (Fsp3) is 0.158. The Balaban J connectivity index is 1.91. The Hall–Kier alpha value is -2.62. The van der Waals surface area contributed by atoms with E-state index >= 15 is 0 Å². The second kappa shape index (κ2) is 8.02. The van der Waals surface area contributed by atoms with Gasteiger partial charge in [0.2, 0.25) is 0 Å². The van der Waals surface area contributed by atoms with Gasteiger partial charge in [-0.2, -0.15) is 13.2 Å². The predicted octanol–water partition coefficient (Wildman–Crippen LogP) is 4.79. The first-order chi connectivity index (χ1) is 13.6. The van der Waals surface area contributed by atoms with Gasteiger partial charge in [0.25, 0.3) is 0 Å². The highest BCUT2D eigenvalue weighted by atomic mass is 35.5.